The average molecular weight is 352 g/mol. The highest BCUT2D eigenvalue weighted by atomic mass is 16.4. The van der Waals surface area contributed by atoms with Crippen LogP contribution in [0.25, 0.3) is 0 Å². The van der Waals surface area contributed by atoms with Crippen LogP contribution < -0.4 is 0 Å². The van der Waals surface area contributed by atoms with Crippen LogP contribution in [0.15, 0.2) is 24.3 Å². The van der Waals surface area contributed by atoms with Crippen molar-refractivity contribution >= 4 is 11.8 Å². The molecule has 0 saturated heterocycles. The maximum absolute atomic E-state index is 12.1. The van der Waals surface area contributed by atoms with Gasteiger partial charge in [-0.1, -0.05) is 50.5 Å². The van der Waals surface area contributed by atoms with Gasteiger partial charge in [-0.25, -0.2) is 0 Å². The first-order valence-electron chi connectivity index (χ1n) is 9.39. The highest BCUT2D eigenvalue weighted by Crippen LogP contribution is 2.33. The van der Waals surface area contributed by atoms with Crippen LogP contribution in [0.5, 0.6) is 0 Å². The number of aliphatic hydroxyl groups is 2. The quantitative estimate of drug-likeness (QED) is 0.370. The number of aliphatic hydroxyl groups excluding tert-OH is 2. The van der Waals surface area contributed by atoms with Gasteiger partial charge in [-0.05, 0) is 25.7 Å². The first kappa shape index (κ1) is 21.6. The Bertz CT molecular complexity index is 469. The van der Waals surface area contributed by atoms with Crippen molar-refractivity contribution in [1.82, 2.24) is 0 Å². The zero-order valence-electron chi connectivity index (χ0n) is 15.1. The van der Waals surface area contributed by atoms with Crippen molar-refractivity contribution in [3.05, 3.63) is 24.3 Å². The van der Waals surface area contributed by atoms with Crippen LogP contribution in [-0.4, -0.2) is 39.3 Å². The third-order valence-corrected chi connectivity index (χ3v) is 4.72. The Labute approximate surface area is 150 Å². The molecular weight excluding hydrogens is 320 g/mol. The summed E-state index contributed by atoms with van der Waals surface area (Å²) in [6.45, 7) is 2.11. The van der Waals surface area contributed by atoms with Crippen molar-refractivity contribution < 1.29 is 24.9 Å². The van der Waals surface area contributed by atoms with E-state index in [-0.39, 0.29) is 30.5 Å². The first-order valence-corrected chi connectivity index (χ1v) is 9.39. The Kier molecular flexibility index (Phi) is 10.3. The second-order valence-corrected chi connectivity index (χ2v) is 6.87. The van der Waals surface area contributed by atoms with Crippen molar-refractivity contribution in [2.75, 3.05) is 0 Å². The van der Waals surface area contributed by atoms with E-state index in [1.54, 1.807) is 12.2 Å². The van der Waals surface area contributed by atoms with Gasteiger partial charge in [0.1, 0.15) is 5.78 Å². The van der Waals surface area contributed by atoms with Gasteiger partial charge in [0.25, 0.3) is 0 Å². The van der Waals surface area contributed by atoms with Crippen molar-refractivity contribution in [3.8, 4) is 0 Å². The van der Waals surface area contributed by atoms with E-state index in [9.17, 15) is 19.8 Å². The maximum atomic E-state index is 12.1. The molecule has 0 spiro atoms. The summed E-state index contributed by atoms with van der Waals surface area (Å²) in [7, 11) is 0. The zero-order valence-corrected chi connectivity index (χ0v) is 15.1. The molecule has 1 saturated carbocycles. The molecule has 5 nitrogen and oxygen atoms in total. The minimum absolute atomic E-state index is 0.0220. The molecule has 3 N–H and O–H groups in total. The zero-order chi connectivity index (χ0) is 18.7. The average Bonchev–Trinajstić information content (AvgIpc) is 2.82. The molecule has 1 aliphatic carbocycles. The molecule has 0 unspecified atom stereocenters. The third kappa shape index (κ3) is 8.45. The monoisotopic (exact) mass is 352 g/mol. The summed E-state index contributed by atoms with van der Waals surface area (Å²) in [5, 5.41) is 28.7. The fourth-order valence-corrected chi connectivity index (χ4v) is 3.22. The van der Waals surface area contributed by atoms with Crippen LogP contribution in [0.3, 0.4) is 0 Å². The maximum Gasteiger partial charge on any atom is 0.303 e. The first-order chi connectivity index (χ1) is 12.0. The second-order valence-electron chi connectivity index (χ2n) is 6.87. The summed E-state index contributed by atoms with van der Waals surface area (Å²) >= 11 is 0. The van der Waals surface area contributed by atoms with Gasteiger partial charge in [-0.3, -0.25) is 9.59 Å². The van der Waals surface area contributed by atoms with Crippen LogP contribution >= 0.6 is 0 Å². The number of carbonyl (C=O) groups is 2. The Hall–Kier alpha value is -1.46. The fraction of sp³-hybridized carbons (Fsp3) is 0.700. The summed E-state index contributed by atoms with van der Waals surface area (Å²) < 4.78 is 0. The van der Waals surface area contributed by atoms with Crippen molar-refractivity contribution in [1.29, 1.82) is 0 Å². The SMILES string of the molecule is CCCCC[C@H](O)C=C[C@@H]1C(=O)C[C@H](O)[C@H]1C/C=C/CCCC(=O)O. The molecule has 1 rings (SSSR count). The summed E-state index contributed by atoms with van der Waals surface area (Å²) in [5.74, 6) is -1.29. The minimum atomic E-state index is -0.798. The van der Waals surface area contributed by atoms with Crippen LogP contribution in [0.2, 0.25) is 0 Å². The Morgan fingerprint density at radius 2 is 2.04 bits per heavy atom. The van der Waals surface area contributed by atoms with Gasteiger partial charge in [0, 0.05) is 24.7 Å². The molecule has 0 aromatic heterocycles. The minimum Gasteiger partial charge on any atom is -0.481 e. The molecular formula is C20H32O5. The normalized spacial score (nSPS) is 25.2. The molecule has 0 radical (unpaired) electrons. The van der Waals surface area contributed by atoms with Gasteiger partial charge in [-0.15, -0.1) is 0 Å². The molecule has 4 atom stereocenters. The lowest BCUT2D eigenvalue weighted by Gasteiger charge is -2.17. The number of rotatable bonds is 12. The summed E-state index contributed by atoms with van der Waals surface area (Å²) in [6, 6.07) is 0. The molecule has 0 heterocycles. The fourth-order valence-electron chi connectivity index (χ4n) is 3.22. The lowest BCUT2D eigenvalue weighted by atomic mass is 9.90. The van der Waals surface area contributed by atoms with Crippen molar-refractivity contribution in [2.45, 2.75) is 76.9 Å². The summed E-state index contributed by atoms with van der Waals surface area (Å²) in [4.78, 5) is 22.5. The van der Waals surface area contributed by atoms with Gasteiger partial charge in [-0.2, -0.15) is 0 Å². The van der Waals surface area contributed by atoms with Gasteiger partial charge < -0.3 is 15.3 Å². The van der Waals surface area contributed by atoms with E-state index in [1.165, 1.54) is 0 Å². The van der Waals surface area contributed by atoms with Crippen LogP contribution in [0.4, 0.5) is 0 Å². The van der Waals surface area contributed by atoms with E-state index in [0.717, 1.165) is 19.3 Å². The Morgan fingerprint density at radius 3 is 2.72 bits per heavy atom. The standard InChI is InChI=1S/C20H32O5/c1-2-3-6-9-15(21)12-13-17-16(18(22)14-19(17)23)10-7-4-5-8-11-20(24)25/h4,7,12-13,15-18,21-22H,2-3,5-6,8-11,14H2,1H3,(H,24,25)/b7-4+,13-12?/t15-,16-,17-,18-/m0/s1. The molecule has 5 heteroatoms. The van der Waals surface area contributed by atoms with Gasteiger partial charge >= 0.3 is 5.97 Å². The highest BCUT2D eigenvalue weighted by molar-refractivity contribution is 5.86. The second kappa shape index (κ2) is 12.0. The predicted molar refractivity (Wildman–Crippen MR) is 97.1 cm³/mol. The number of carbonyl (C=O) groups excluding carboxylic acids is 1. The predicted octanol–water partition coefficient (Wildman–Crippen LogP) is 3.25. The van der Waals surface area contributed by atoms with E-state index in [4.69, 9.17) is 5.11 Å². The lowest BCUT2D eigenvalue weighted by molar-refractivity contribution is -0.137. The topological polar surface area (TPSA) is 94.8 Å². The molecule has 0 amide bonds. The largest absolute Gasteiger partial charge is 0.481 e. The van der Waals surface area contributed by atoms with Crippen molar-refractivity contribution in [2.24, 2.45) is 11.8 Å². The van der Waals surface area contributed by atoms with Crippen LogP contribution in [0, 0.1) is 11.8 Å². The van der Waals surface area contributed by atoms with E-state index >= 15 is 0 Å². The molecule has 25 heavy (non-hydrogen) atoms. The number of allylic oxidation sites excluding steroid dienone is 3. The lowest BCUT2D eigenvalue weighted by Crippen LogP contribution is -2.19. The number of unbranched alkanes of at least 4 members (excludes halogenated alkanes) is 3. The van der Waals surface area contributed by atoms with Crippen molar-refractivity contribution in [3.63, 3.8) is 0 Å². The molecule has 0 aromatic carbocycles. The number of aliphatic carboxylic acids is 1. The number of carboxylic acids is 1. The summed E-state index contributed by atoms with van der Waals surface area (Å²) in [6.07, 6.45) is 12.1. The Morgan fingerprint density at radius 1 is 1.28 bits per heavy atom. The highest BCUT2D eigenvalue weighted by Gasteiger charge is 2.39. The van der Waals surface area contributed by atoms with E-state index < -0.39 is 18.2 Å². The molecule has 1 aliphatic rings. The molecule has 142 valence electrons. The molecule has 1 fully saturated rings. The summed E-state index contributed by atoms with van der Waals surface area (Å²) in [5.41, 5.74) is 0. The number of Topliss-reactive ketones (excluding diaryl/α,β-unsaturated/α-hetero) is 1. The van der Waals surface area contributed by atoms with E-state index in [2.05, 4.69) is 6.92 Å². The number of hydrogen-bond donors (Lipinski definition) is 3. The van der Waals surface area contributed by atoms with Crippen LogP contribution in [0.1, 0.15) is 64.7 Å². The molecule has 0 aliphatic heterocycles. The molecule has 0 aromatic rings. The third-order valence-electron chi connectivity index (χ3n) is 4.72. The van der Waals surface area contributed by atoms with Crippen LogP contribution in [-0.2, 0) is 9.59 Å². The van der Waals surface area contributed by atoms with Gasteiger partial charge in [0.05, 0.1) is 12.2 Å². The Balaban J connectivity index is 2.48. The van der Waals surface area contributed by atoms with E-state index in [1.807, 2.05) is 12.2 Å². The van der Waals surface area contributed by atoms with Gasteiger partial charge in [0.15, 0.2) is 0 Å². The number of hydrogen-bond acceptors (Lipinski definition) is 4. The number of ketones is 1. The van der Waals surface area contributed by atoms with E-state index in [0.29, 0.717) is 25.7 Å². The smallest absolute Gasteiger partial charge is 0.303 e. The molecule has 0 bridgehead atoms. The van der Waals surface area contributed by atoms with Gasteiger partial charge in [0.2, 0.25) is 0 Å². The number of carboxylic acid groups (broad SMARTS) is 1.